The largest absolute Gasteiger partial charge is 0.341 e. The number of carbonyl (C=O) groups excluding carboxylic acids is 2. The third-order valence-corrected chi connectivity index (χ3v) is 3.67. The summed E-state index contributed by atoms with van der Waals surface area (Å²) in [5.41, 5.74) is 0. The van der Waals surface area contributed by atoms with E-state index in [2.05, 4.69) is 10.6 Å². The minimum Gasteiger partial charge on any atom is -0.341 e. The molecule has 3 amide bonds. The van der Waals surface area contributed by atoms with E-state index in [9.17, 15) is 9.59 Å². The van der Waals surface area contributed by atoms with E-state index in [1.54, 1.807) is 0 Å². The van der Waals surface area contributed by atoms with E-state index >= 15 is 0 Å². The summed E-state index contributed by atoms with van der Waals surface area (Å²) in [6.07, 6.45) is 1.79. The third-order valence-electron chi connectivity index (χ3n) is 3.67. The summed E-state index contributed by atoms with van der Waals surface area (Å²) in [5.74, 6) is 0.168. The molecule has 2 N–H and O–H groups in total. The number of amides is 3. The topological polar surface area (TPSA) is 64.7 Å². The Morgan fingerprint density at radius 1 is 1.39 bits per heavy atom. The lowest BCUT2D eigenvalue weighted by Crippen LogP contribution is -2.49. The Morgan fingerprint density at radius 3 is 2.67 bits per heavy atom. The predicted octanol–water partition coefficient (Wildman–Crippen LogP) is -0.388. The molecule has 2 aliphatic rings. The van der Waals surface area contributed by atoms with Crippen molar-refractivity contribution in [1.82, 2.24) is 20.4 Å². The zero-order valence-electron chi connectivity index (χ0n) is 10.9. The van der Waals surface area contributed by atoms with Crippen LogP contribution in [0.4, 0.5) is 4.79 Å². The van der Waals surface area contributed by atoms with Gasteiger partial charge in [0.25, 0.3) is 0 Å². The standard InChI is InChI=1S/C12H22N4O2/c1-2-13-9-11(17)15-6-3-10(4-7-15)16-8-5-14-12(16)18/h10,13H,2-9H2,1H3,(H,14,18). The molecule has 102 valence electrons. The molecule has 0 aromatic rings. The molecule has 0 spiro atoms. The first-order valence-corrected chi connectivity index (χ1v) is 6.75. The first-order valence-electron chi connectivity index (χ1n) is 6.75. The van der Waals surface area contributed by atoms with Crippen LogP contribution in [0.15, 0.2) is 0 Å². The van der Waals surface area contributed by atoms with Crippen LogP contribution in [-0.4, -0.2) is 67.0 Å². The molecule has 18 heavy (non-hydrogen) atoms. The smallest absolute Gasteiger partial charge is 0.317 e. The molecule has 0 atom stereocenters. The average molecular weight is 254 g/mol. The van der Waals surface area contributed by atoms with Crippen LogP contribution in [0, 0.1) is 0 Å². The van der Waals surface area contributed by atoms with Crippen molar-refractivity contribution < 1.29 is 9.59 Å². The maximum atomic E-state index is 11.8. The number of hydrogen-bond acceptors (Lipinski definition) is 3. The van der Waals surface area contributed by atoms with Crippen LogP contribution >= 0.6 is 0 Å². The fourth-order valence-corrected chi connectivity index (χ4v) is 2.61. The van der Waals surface area contributed by atoms with Gasteiger partial charge in [-0.25, -0.2) is 4.79 Å². The molecule has 2 fully saturated rings. The maximum Gasteiger partial charge on any atom is 0.317 e. The lowest BCUT2D eigenvalue weighted by atomic mass is 10.0. The summed E-state index contributed by atoms with van der Waals surface area (Å²) in [7, 11) is 0. The lowest BCUT2D eigenvalue weighted by molar-refractivity contribution is -0.131. The molecule has 0 saturated carbocycles. The highest BCUT2D eigenvalue weighted by atomic mass is 16.2. The number of urea groups is 1. The van der Waals surface area contributed by atoms with Crippen LogP contribution in [0.3, 0.4) is 0 Å². The summed E-state index contributed by atoms with van der Waals surface area (Å²) < 4.78 is 0. The molecule has 6 heteroatoms. The van der Waals surface area contributed by atoms with Gasteiger partial charge in [-0.1, -0.05) is 6.92 Å². The van der Waals surface area contributed by atoms with E-state index in [-0.39, 0.29) is 11.9 Å². The van der Waals surface area contributed by atoms with Gasteiger partial charge in [-0.2, -0.15) is 0 Å². The second kappa shape index (κ2) is 6.04. The fraction of sp³-hybridized carbons (Fsp3) is 0.833. The van der Waals surface area contributed by atoms with Crippen LogP contribution in [0.25, 0.3) is 0 Å². The second-order valence-corrected chi connectivity index (χ2v) is 4.82. The minimum atomic E-state index is 0.0485. The van der Waals surface area contributed by atoms with Gasteiger partial charge in [-0.3, -0.25) is 4.79 Å². The van der Waals surface area contributed by atoms with E-state index in [4.69, 9.17) is 0 Å². The van der Waals surface area contributed by atoms with Crippen molar-refractivity contribution in [3.05, 3.63) is 0 Å². The van der Waals surface area contributed by atoms with Gasteiger partial charge >= 0.3 is 6.03 Å². The first kappa shape index (κ1) is 13.1. The van der Waals surface area contributed by atoms with Gasteiger partial charge in [0.05, 0.1) is 6.54 Å². The Balaban J connectivity index is 1.77. The number of nitrogens with zero attached hydrogens (tertiary/aromatic N) is 2. The zero-order valence-corrected chi connectivity index (χ0v) is 10.9. The Morgan fingerprint density at radius 2 is 2.11 bits per heavy atom. The molecule has 0 aromatic heterocycles. The molecule has 2 heterocycles. The van der Waals surface area contributed by atoms with Gasteiger partial charge in [0.15, 0.2) is 0 Å². The van der Waals surface area contributed by atoms with Gasteiger partial charge in [0, 0.05) is 32.2 Å². The van der Waals surface area contributed by atoms with Gasteiger partial charge in [0.2, 0.25) is 5.91 Å². The van der Waals surface area contributed by atoms with Crippen molar-refractivity contribution in [1.29, 1.82) is 0 Å². The summed E-state index contributed by atoms with van der Waals surface area (Å²) in [6.45, 7) is 6.30. The summed E-state index contributed by atoms with van der Waals surface area (Å²) in [6, 6.07) is 0.350. The number of likely N-dealkylation sites (N-methyl/N-ethyl adjacent to an activating group) is 1. The highest BCUT2D eigenvalue weighted by molar-refractivity contribution is 5.78. The fourth-order valence-electron chi connectivity index (χ4n) is 2.61. The minimum absolute atomic E-state index is 0.0485. The highest BCUT2D eigenvalue weighted by Gasteiger charge is 2.31. The number of rotatable bonds is 4. The first-order chi connectivity index (χ1) is 8.72. The van der Waals surface area contributed by atoms with Crippen LogP contribution in [0.5, 0.6) is 0 Å². The summed E-state index contributed by atoms with van der Waals surface area (Å²) >= 11 is 0. The Labute approximate surface area is 108 Å². The Kier molecular flexibility index (Phi) is 4.41. The van der Waals surface area contributed by atoms with Crippen molar-refractivity contribution in [3.8, 4) is 0 Å². The third kappa shape index (κ3) is 2.93. The Hall–Kier alpha value is -1.30. The number of piperidine rings is 1. The van der Waals surface area contributed by atoms with Crippen LogP contribution in [0.2, 0.25) is 0 Å². The number of hydrogen-bond donors (Lipinski definition) is 2. The molecule has 0 bridgehead atoms. The van der Waals surface area contributed by atoms with E-state index < -0.39 is 0 Å². The summed E-state index contributed by atoms with van der Waals surface area (Å²) in [5, 5.41) is 5.88. The number of likely N-dealkylation sites (tertiary alicyclic amines) is 1. The van der Waals surface area contributed by atoms with E-state index in [1.807, 2.05) is 16.7 Å². The molecule has 0 radical (unpaired) electrons. The molecular weight excluding hydrogens is 232 g/mol. The average Bonchev–Trinajstić information content (AvgIpc) is 2.82. The van der Waals surface area contributed by atoms with Gasteiger partial charge in [-0.05, 0) is 19.4 Å². The summed E-state index contributed by atoms with van der Waals surface area (Å²) in [4.78, 5) is 27.2. The molecule has 2 saturated heterocycles. The van der Waals surface area contributed by atoms with Crippen molar-refractivity contribution in [3.63, 3.8) is 0 Å². The van der Waals surface area contributed by atoms with E-state index in [0.717, 1.165) is 45.6 Å². The second-order valence-electron chi connectivity index (χ2n) is 4.82. The highest BCUT2D eigenvalue weighted by Crippen LogP contribution is 2.18. The zero-order chi connectivity index (χ0) is 13.0. The van der Waals surface area contributed by atoms with Gasteiger partial charge in [-0.15, -0.1) is 0 Å². The predicted molar refractivity (Wildman–Crippen MR) is 68.3 cm³/mol. The molecule has 2 rings (SSSR count). The van der Waals surface area contributed by atoms with Crippen LogP contribution in [-0.2, 0) is 4.79 Å². The Bertz CT molecular complexity index is 313. The van der Waals surface area contributed by atoms with Gasteiger partial charge < -0.3 is 20.4 Å². The molecule has 0 aliphatic carbocycles. The lowest BCUT2D eigenvalue weighted by Gasteiger charge is -2.36. The molecular formula is C12H22N4O2. The SMILES string of the molecule is CCNCC(=O)N1CCC(N2CCNC2=O)CC1. The van der Waals surface area contributed by atoms with Crippen molar-refractivity contribution in [2.75, 3.05) is 39.3 Å². The number of carbonyl (C=O) groups is 2. The van der Waals surface area contributed by atoms with Crippen molar-refractivity contribution in [2.45, 2.75) is 25.8 Å². The van der Waals surface area contributed by atoms with Crippen molar-refractivity contribution >= 4 is 11.9 Å². The maximum absolute atomic E-state index is 11.8. The van der Waals surface area contributed by atoms with Crippen LogP contribution < -0.4 is 10.6 Å². The quantitative estimate of drug-likeness (QED) is 0.718. The van der Waals surface area contributed by atoms with Crippen molar-refractivity contribution in [2.24, 2.45) is 0 Å². The van der Waals surface area contributed by atoms with Crippen LogP contribution in [0.1, 0.15) is 19.8 Å². The van der Waals surface area contributed by atoms with E-state index in [1.165, 1.54) is 0 Å². The molecule has 2 aliphatic heterocycles. The number of nitrogens with one attached hydrogen (secondary N) is 2. The molecule has 0 unspecified atom stereocenters. The monoisotopic (exact) mass is 254 g/mol. The molecule has 6 nitrogen and oxygen atoms in total. The van der Waals surface area contributed by atoms with Gasteiger partial charge in [0.1, 0.15) is 0 Å². The van der Waals surface area contributed by atoms with E-state index in [0.29, 0.717) is 12.6 Å². The normalized spacial score (nSPS) is 21.3. The molecule has 0 aromatic carbocycles.